The molecule has 7 nitrogen and oxygen atoms in total. The van der Waals surface area contributed by atoms with Crippen molar-refractivity contribution < 1.29 is 9.53 Å². The highest BCUT2D eigenvalue weighted by atomic mass is 16.5. The molecule has 2 amide bonds. The largest absolute Gasteiger partial charge is 0.477 e. The van der Waals surface area contributed by atoms with Crippen molar-refractivity contribution in [3.05, 3.63) is 54.1 Å². The Labute approximate surface area is 152 Å². The van der Waals surface area contributed by atoms with Crippen molar-refractivity contribution in [2.24, 2.45) is 5.92 Å². The van der Waals surface area contributed by atoms with Gasteiger partial charge in [0.25, 0.3) is 0 Å². The van der Waals surface area contributed by atoms with Crippen molar-refractivity contribution in [3.63, 3.8) is 0 Å². The van der Waals surface area contributed by atoms with Gasteiger partial charge in [0.1, 0.15) is 5.65 Å². The summed E-state index contributed by atoms with van der Waals surface area (Å²) >= 11 is 0. The van der Waals surface area contributed by atoms with E-state index in [0.29, 0.717) is 30.6 Å². The van der Waals surface area contributed by atoms with Gasteiger partial charge in [-0.2, -0.15) is 0 Å². The van der Waals surface area contributed by atoms with Crippen LogP contribution in [0.25, 0.3) is 5.65 Å². The Hall–Kier alpha value is -3.09. The van der Waals surface area contributed by atoms with E-state index in [1.165, 1.54) is 0 Å². The molecule has 7 heteroatoms. The Morgan fingerprint density at radius 3 is 2.81 bits per heavy atom. The average molecular weight is 353 g/mol. The summed E-state index contributed by atoms with van der Waals surface area (Å²) in [5.41, 5.74) is 3.36. The molecule has 26 heavy (non-hydrogen) atoms. The molecule has 0 bridgehead atoms. The van der Waals surface area contributed by atoms with Crippen LogP contribution in [0.1, 0.15) is 25.2 Å². The smallest absolute Gasteiger partial charge is 0.319 e. The van der Waals surface area contributed by atoms with Gasteiger partial charge in [-0.3, -0.25) is 0 Å². The quantitative estimate of drug-likeness (QED) is 0.712. The molecule has 0 aliphatic carbocycles. The first-order chi connectivity index (χ1) is 12.5. The van der Waals surface area contributed by atoms with Gasteiger partial charge in [-0.05, 0) is 31.0 Å². The van der Waals surface area contributed by atoms with Gasteiger partial charge in [-0.25, -0.2) is 14.8 Å². The van der Waals surface area contributed by atoms with Crippen LogP contribution in [0, 0.1) is 12.8 Å². The third-order valence-corrected chi connectivity index (χ3v) is 3.73. The summed E-state index contributed by atoms with van der Waals surface area (Å²) in [5.74, 6) is 0.980. The lowest BCUT2D eigenvalue weighted by Crippen LogP contribution is -2.28. The molecule has 0 radical (unpaired) electrons. The van der Waals surface area contributed by atoms with Crippen LogP contribution in [0.15, 0.2) is 42.7 Å². The molecule has 0 unspecified atom stereocenters. The molecule has 3 rings (SSSR count). The van der Waals surface area contributed by atoms with Gasteiger partial charge in [0.15, 0.2) is 0 Å². The van der Waals surface area contributed by atoms with Crippen molar-refractivity contribution in [2.45, 2.75) is 27.3 Å². The minimum Gasteiger partial charge on any atom is -0.477 e. The number of nitrogens with one attached hydrogen (secondary N) is 2. The van der Waals surface area contributed by atoms with E-state index in [0.717, 1.165) is 17.0 Å². The summed E-state index contributed by atoms with van der Waals surface area (Å²) in [6, 6.07) is 9.10. The van der Waals surface area contributed by atoms with Crippen molar-refractivity contribution in [1.82, 2.24) is 19.7 Å². The molecule has 0 aliphatic heterocycles. The normalized spacial score (nSPS) is 10.9. The van der Waals surface area contributed by atoms with Crippen molar-refractivity contribution in [1.29, 1.82) is 0 Å². The predicted octanol–water partition coefficient (Wildman–Crippen LogP) is 3.39. The molecule has 0 atom stereocenters. The number of anilines is 1. The highest BCUT2D eigenvalue weighted by molar-refractivity contribution is 5.88. The van der Waals surface area contributed by atoms with Gasteiger partial charge in [-0.15, -0.1) is 0 Å². The summed E-state index contributed by atoms with van der Waals surface area (Å²) in [6.07, 6.45) is 3.50. The van der Waals surface area contributed by atoms with Gasteiger partial charge in [0.05, 0.1) is 30.7 Å². The van der Waals surface area contributed by atoms with E-state index in [9.17, 15) is 4.79 Å². The van der Waals surface area contributed by atoms with E-state index in [4.69, 9.17) is 4.74 Å². The molecule has 0 aliphatic rings. The molecule has 3 aromatic rings. The lowest BCUT2D eigenvalue weighted by Gasteiger charge is -2.09. The summed E-state index contributed by atoms with van der Waals surface area (Å²) in [6.45, 7) is 7.12. The molecule has 0 fully saturated rings. The zero-order valence-corrected chi connectivity index (χ0v) is 15.2. The van der Waals surface area contributed by atoms with Crippen LogP contribution in [-0.2, 0) is 6.54 Å². The number of ether oxygens (including phenoxy) is 1. The molecule has 3 heterocycles. The fourth-order valence-corrected chi connectivity index (χ4v) is 2.42. The fourth-order valence-electron chi connectivity index (χ4n) is 2.42. The first-order valence-electron chi connectivity index (χ1n) is 8.58. The van der Waals surface area contributed by atoms with Gasteiger partial charge in [0.2, 0.25) is 5.88 Å². The number of fused-ring (bicyclic) bond motifs is 1. The van der Waals surface area contributed by atoms with E-state index in [-0.39, 0.29) is 6.03 Å². The van der Waals surface area contributed by atoms with Crippen LogP contribution in [0.2, 0.25) is 0 Å². The third kappa shape index (κ3) is 4.50. The standard InChI is InChI=1S/C19H23N5O2/c1-13(2)12-26-18-8-7-15(9-20-18)23-19(25)21-10-16-11-24-14(3)5-4-6-17(24)22-16/h4-9,11,13H,10,12H2,1-3H3,(H2,21,23,25). The zero-order valence-electron chi connectivity index (χ0n) is 15.2. The monoisotopic (exact) mass is 353 g/mol. The molecule has 2 N–H and O–H groups in total. The van der Waals surface area contributed by atoms with E-state index in [1.54, 1.807) is 18.3 Å². The topological polar surface area (TPSA) is 80.5 Å². The van der Waals surface area contributed by atoms with Crippen LogP contribution in [0.3, 0.4) is 0 Å². The van der Waals surface area contributed by atoms with Crippen molar-refractivity contribution in [3.8, 4) is 5.88 Å². The second kappa shape index (κ2) is 7.86. The number of amides is 2. The Kier molecular flexibility index (Phi) is 5.36. The number of imidazole rings is 1. The SMILES string of the molecule is Cc1cccc2nc(CNC(=O)Nc3ccc(OCC(C)C)nc3)cn12. The van der Waals surface area contributed by atoms with Gasteiger partial charge < -0.3 is 19.8 Å². The maximum Gasteiger partial charge on any atom is 0.319 e. The van der Waals surface area contributed by atoms with Crippen LogP contribution >= 0.6 is 0 Å². The second-order valence-electron chi connectivity index (χ2n) is 6.53. The van der Waals surface area contributed by atoms with Crippen LogP contribution in [-0.4, -0.2) is 27.0 Å². The molecule has 0 spiro atoms. The number of carbonyl (C=O) groups is 1. The predicted molar refractivity (Wildman–Crippen MR) is 100 cm³/mol. The third-order valence-electron chi connectivity index (χ3n) is 3.73. The number of hydrogen-bond donors (Lipinski definition) is 2. The Bertz CT molecular complexity index is 887. The number of hydrogen-bond acceptors (Lipinski definition) is 4. The van der Waals surface area contributed by atoms with Gasteiger partial charge in [0, 0.05) is 18.0 Å². The maximum atomic E-state index is 12.1. The summed E-state index contributed by atoms with van der Waals surface area (Å²) < 4.78 is 7.52. The molecular formula is C19H23N5O2. The number of aryl methyl sites for hydroxylation is 1. The summed E-state index contributed by atoms with van der Waals surface area (Å²) in [4.78, 5) is 20.7. The van der Waals surface area contributed by atoms with E-state index < -0.39 is 0 Å². The Morgan fingerprint density at radius 2 is 2.12 bits per heavy atom. The first kappa shape index (κ1) is 17.7. The highest BCUT2D eigenvalue weighted by Gasteiger charge is 2.06. The van der Waals surface area contributed by atoms with Crippen LogP contribution in [0.4, 0.5) is 10.5 Å². The van der Waals surface area contributed by atoms with Crippen LogP contribution in [0.5, 0.6) is 5.88 Å². The number of carbonyl (C=O) groups excluding carboxylic acids is 1. The molecule has 136 valence electrons. The molecule has 0 saturated heterocycles. The van der Waals surface area contributed by atoms with Crippen molar-refractivity contribution >= 4 is 17.4 Å². The first-order valence-corrected chi connectivity index (χ1v) is 8.58. The zero-order chi connectivity index (χ0) is 18.5. The Balaban J connectivity index is 1.52. The lowest BCUT2D eigenvalue weighted by atomic mass is 10.2. The van der Waals surface area contributed by atoms with Crippen molar-refractivity contribution in [2.75, 3.05) is 11.9 Å². The molecule has 0 saturated carbocycles. The van der Waals surface area contributed by atoms with E-state index >= 15 is 0 Å². The second-order valence-corrected chi connectivity index (χ2v) is 6.53. The number of aromatic nitrogens is 3. The van der Waals surface area contributed by atoms with Crippen LogP contribution < -0.4 is 15.4 Å². The molecular weight excluding hydrogens is 330 g/mol. The summed E-state index contributed by atoms with van der Waals surface area (Å²) in [5, 5.41) is 5.54. The van der Waals surface area contributed by atoms with Gasteiger partial charge in [-0.1, -0.05) is 19.9 Å². The minimum atomic E-state index is -0.309. The minimum absolute atomic E-state index is 0.309. The number of pyridine rings is 2. The lowest BCUT2D eigenvalue weighted by molar-refractivity contribution is 0.251. The number of nitrogens with zero attached hydrogens (tertiary/aromatic N) is 3. The number of rotatable bonds is 6. The average Bonchev–Trinajstić information content (AvgIpc) is 3.04. The number of urea groups is 1. The maximum absolute atomic E-state index is 12.1. The fraction of sp³-hybridized carbons (Fsp3) is 0.316. The molecule has 0 aromatic carbocycles. The highest BCUT2D eigenvalue weighted by Crippen LogP contribution is 2.12. The molecule has 3 aromatic heterocycles. The summed E-state index contributed by atoms with van der Waals surface area (Å²) in [7, 11) is 0. The Morgan fingerprint density at radius 1 is 1.27 bits per heavy atom. The van der Waals surface area contributed by atoms with E-state index in [2.05, 4.69) is 34.4 Å². The van der Waals surface area contributed by atoms with Gasteiger partial charge >= 0.3 is 6.03 Å². The van der Waals surface area contributed by atoms with E-state index in [1.807, 2.05) is 35.7 Å².